The van der Waals surface area contributed by atoms with E-state index in [0.717, 1.165) is 0 Å². The topological polar surface area (TPSA) is 26.0 Å². The van der Waals surface area contributed by atoms with Gasteiger partial charge in [-0.1, -0.05) is 27.7 Å². The Morgan fingerprint density at radius 2 is 1.45 bits per heavy atom. The van der Waals surface area contributed by atoms with Gasteiger partial charge in [0.2, 0.25) is 0 Å². The lowest BCUT2D eigenvalue weighted by molar-refractivity contribution is 0.263. The van der Waals surface area contributed by atoms with Crippen molar-refractivity contribution in [3.63, 3.8) is 0 Å². The van der Waals surface area contributed by atoms with Gasteiger partial charge < -0.3 is 5.73 Å². The predicted octanol–water partition coefficient (Wildman–Crippen LogP) is 2.16. The number of rotatable bonds is 1. The van der Waals surface area contributed by atoms with E-state index in [4.69, 9.17) is 5.73 Å². The van der Waals surface area contributed by atoms with E-state index in [1.807, 2.05) is 0 Å². The third-order valence-corrected chi connectivity index (χ3v) is 4.91. The van der Waals surface area contributed by atoms with Crippen LogP contribution in [0.3, 0.4) is 0 Å². The Balaban J connectivity index is 2.28. The molecular weight excluding hydrogens is 134 g/mol. The molecule has 2 saturated carbocycles. The van der Waals surface area contributed by atoms with Crippen molar-refractivity contribution in [3.8, 4) is 0 Å². The minimum absolute atomic E-state index is 0.387. The molecule has 11 heavy (non-hydrogen) atoms. The summed E-state index contributed by atoms with van der Waals surface area (Å²) in [6.07, 6.45) is 2.78. The first-order valence-electron chi connectivity index (χ1n) is 4.62. The second-order valence-corrected chi connectivity index (χ2v) is 5.46. The standard InChI is InChI=1S/C10H19N/c1-8(2)7(11)10(8,4)9(3)5-6-9/h7H,5-6,11H2,1-4H3. The van der Waals surface area contributed by atoms with E-state index in [0.29, 0.717) is 22.3 Å². The van der Waals surface area contributed by atoms with Gasteiger partial charge in [0.25, 0.3) is 0 Å². The van der Waals surface area contributed by atoms with Crippen LogP contribution in [0.15, 0.2) is 0 Å². The maximum Gasteiger partial charge on any atom is 0.0161 e. The third kappa shape index (κ3) is 0.581. The Hall–Kier alpha value is -0.0400. The van der Waals surface area contributed by atoms with E-state index < -0.39 is 0 Å². The molecule has 1 heteroatoms. The van der Waals surface area contributed by atoms with Gasteiger partial charge in [0.05, 0.1) is 0 Å². The van der Waals surface area contributed by atoms with Crippen LogP contribution in [0.25, 0.3) is 0 Å². The molecule has 0 saturated heterocycles. The fraction of sp³-hybridized carbons (Fsp3) is 1.00. The molecule has 1 nitrogen and oxygen atoms in total. The van der Waals surface area contributed by atoms with Crippen molar-refractivity contribution in [1.29, 1.82) is 0 Å². The van der Waals surface area contributed by atoms with Crippen molar-refractivity contribution in [2.75, 3.05) is 0 Å². The maximum atomic E-state index is 6.10. The van der Waals surface area contributed by atoms with Gasteiger partial charge in [-0.25, -0.2) is 0 Å². The summed E-state index contributed by atoms with van der Waals surface area (Å²) in [5.74, 6) is 0. The number of hydrogen-bond donors (Lipinski definition) is 1. The van der Waals surface area contributed by atoms with Crippen molar-refractivity contribution in [2.45, 2.75) is 46.6 Å². The second-order valence-electron chi connectivity index (χ2n) is 5.46. The molecule has 0 heterocycles. The van der Waals surface area contributed by atoms with Gasteiger partial charge in [-0.3, -0.25) is 0 Å². The first-order valence-corrected chi connectivity index (χ1v) is 4.62. The van der Waals surface area contributed by atoms with Crippen LogP contribution in [-0.2, 0) is 0 Å². The molecule has 2 atom stereocenters. The molecule has 2 fully saturated rings. The summed E-state index contributed by atoms with van der Waals surface area (Å²) >= 11 is 0. The van der Waals surface area contributed by atoms with E-state index in [2.05, 4.69) is 27.7 Å². The average molecular weight is 153 g/mol. The summed E-state index contributed by atoms with van der Waals surface area (Å²) in [5, 5.41) is 0. The lowest BCUT2D eigenvalue weighted by atomic mass is 9.82. The highest BCUT2D eigenvalue weighted by Crippen LogP contribution is 2.77. The monoisotopic (exact) mass is 153 g/mol. The predicted molar refractivity (Wildman–Crippen MR) is 47.2 cm³/mol. The van der Waals surface area contributed by atoms with Gasteiger partial charge in [-0.05, 0) is 29.1 Å². The Labute approximate surface area is 69.4 Å². The smallest absolute Gasteiger partial charge is 0.0161 e. The molecule has 2 aliphatic carbocycles. The Morgan fingerprint density at radius 3 is 1.55 bits per heavy atom. The van der Waals surface area contributed by atoms with Gasteiger partial charge >= 0.3 is 0 Å². The van der Waals surface area contributed by atoms with Crippen LogP contribution in [0, 0.1) is 16.2 Å². The molecule has 0 aromatic heterocycles. The van der Waals surface area contributed by atoms with E-state index in [1.54, 1.807) is 0 Å². The summed E-state index contributed by atoms with van der Waals surface area (Å²) < 4.78 is 0. The highest BCUT2D eigenvalue weighted by Gasteiger charge is 2.76. The molecule has 0 aliphatic heterocycles. The minimum Gasteiger partial charge on any atom is -0.327 e. The lowest BCUT2D eigenvalue weighted by Gasteiger charge is -2.21. The van der Waals surface area contributed by atoms with Crippen molar-refractivity contribution < 1.29 is 0 Å². The van der Waals surface area contributed by atoms with Crippen LogP contribution in [0.5, 0.6) is 0 Å². The Bertz CT molecular complexity index is 196. The van der Waals surface area contributed by atoms with Crippen LogP contribution in [-0.4, -0.2) is 6.04 Å². The van der Waals surface area contributed by atoms with Gasteiger partial charge in [0.1, 0.15) is 0 Å². The van der Waals surface area contributed by atoms with Crippen LogP contribution in [0.4, 0.5) is 0 Å². The zero-order valence-electron chi connectivity index (χ0n) is 8.07. The summed E-state index contributed by atoms with van der Waals surface area (Å²) in [4.78, 5) is 0. The van der Waals surface area contributed by atoms with Gasteiger partial charge in [-0.2, -0.15) is 0 Å². The van der Waals surface area contributed by atoms with E-state index in [1.165, 1.54) is 12.8 Å². The summed E-state index contributed by atoms with van der Waals surface area (Å²) in [7, 11) is 0. The van der Waals surface area contributed by atoms with E-state index in [-0.39, 0.29) is 0 Å². The van der Waals surface area contributed by atoms with Crippen LogP contribution in [0.2, 0.25) is 0 Å². The van der Waals surface area contributed by atoms with E-state index >= 15 is 0 Å². The molecule has 0 bridgehead atoms. The Morgan fingerprint density at radius 1 is 1.09 bits per heavy atom. The van der Waals surface area contributed by atoms with Crippen molar-refractivity contribution in [1.82, 2.24) is 0 Å². The fourth-order valence-electron chi connectivity index (χ4n) is 2.89. The van der Waals surface area contributed by atoms with Crippen LogP contribution < -0.4 is 5.73 Å². The highest BCUT2D eigenvalue weighted by molar-refractivity contribution is 5.27. The van der Waals surface area contributed by atoms with E-state index in [9.17, 15) is 0 Å². The first-order chi connectivity index (χ1) is 4.86. The van der Waals surface area contributed by atoms with Crippen molar-refractivity contribution in [2.24, 2.45) is 22.0 Å². The summed E-state index contributed by atoms with van der Waals surface area (Å²) in [5.41, 5.74) is 7.50. The summed E-state index contributed by atoms with van der Waals surface area (Å²) in [6.45, 7) is 9.37. The molecule has 0 spiro atoms. The average Bonchev–Trinajstić information content (AvgIpc) is 2.73. The molecule has 0 radical (unpaired) electrons. The first kappa shape index (κ1) is 7.60. The van der Waals surface area contributed by atoms with Crippen molar-refractivity contribution in [3.05, 3.63) is 0 Å². The van der Waals surface area contributed by atoms with Crippen LogP contribution in [0.1, 0.15) is 40.5 Å². The largest absolute Gasteiger partial charge is 0.327 e. The third-order valence-electron chi connectivity index (χ3n) is 4.91. The minimum atomic E-state index is 0.387. The zero-order valence-corrected chi connectivity index (χ0v) is 8.07. The SMILES string of the molecule is CC1(C2(C)C(N)C2(C)C)CC1. The van der Waals surface area contributed by atoms with Crippen LogP contribution >= 0.6 is 0 Å². The number of nitrogens with two attached hydrogens (primary N) is 1. The fourth-order valence-corrected chi connectivity index (χ4v) is 2.89. The maximum absolute atomic E-state index is 6.10. The molecule has 0 amide bonds. The Kier molecular flexibility index (Phi) is 1.05. The molecule has 2 N–H and O–H groups in total. The summed E-state index contributed by atoms with van der Waals surface area (Å²) in [6, 6.07) is 0.433. The molecule has 2 rings (SSSR count). The van der Waals surface area contributed by atoms with Gasteiger partial charge in [0, 0.05) is 6.04 Å². The quantitative estimate of drug-likeness (QED) is 0.614. The number of hydrogen-bond acceptors (Lipinski definition) is 1. The normalized spacial score (nSPS) is 50.5. The van der Waals surface area contributed by atoms with Gasteiger partial charge in [-0.15, -0.1) is 0 Å². The van der Waals surface area contributed by atoms with Gasteiger partial charge in [0.15, 0.2) is 0 Å². The molecule has 2 unspecified atom stereocenters. The lowest BCUT2D eigenvalue weighted by Crippen LogP contribution is -2.19. The second kappa shape index (κ2) is 1.52. The molecular formula is C10H19N. The molecule has 2 aliphatic rings. The van der Waals surface area contributed by atoms with Crippen molar-refractivity contribution >= 4 is 0 Å². The molecule has 0 aromatic rings. The highest BCUT2D eigenvalue weighted by atomic mass is 14.9. The molecule has 0 aromatic carbocycles. The molecule has 64 valence electrons. The zero-order chi connectivity index (χ0) is 8.49.